The first-order valence-corrected chi connectivity index (χ1v) is 13.6. The summed E-state index contributed by atoms with van der Waals surface area (Å²) in [4.78, 5) is 33.6. The van der Waals surface area contributed by atoms with Crippen LogP contribution in [0.5, 0.6) is 0 Å². The third kappa shape index (κ3) is 4.93. The fourth-order valence-corrected chi connectivity index (χ4v) is 6.22. The molecule has 0 radical (unpaired) electrons. The van der Waals surface area contributed by atoms with Crippen molar-refractivity contribution < 1.29 is 4.79 Å². The molecule has 2 N–H and O–H groups in total. The number of aromatic nitrogens is 2. The summed E-state index contributed by atoms with van der Waals surface area (Å²) < 4.78 is 0.994. The number of aromatic amines is 1. The Kier molecular flexibility index (Phi) is 6.66. The first kappa shape index (κ1) is 22.4. The molecule has 4 aromatic rings. The molecule has 0 saturated heterocycles. The number of nitrogens with one attached hydrogen (secondary N) is 2. The number of halogens is 1. The highest BCUT2D eigenvalue weighted by Crippen LogP contribution is 2.32. The lowest BCUT2D eigenvalue weighted by Crippen LogP contribution is -2.32. The number of benzene rings is 2. The fourth-order valence-electron chi connectivity index (χ4n) is 4.28. The molecule has 5 rings (SSSR count). The van der Waals surface area contributed by atoms with E-state index in [0.717, 1.165) is 39.7 Å². The summed E-state index contributed by atoms with van der Waals surface area (Å²) in [6, 6.07) is 16.3. The lowest BCUT2D eigenvalue weighted by molar-refractivity contribution is -0.119. The first-order chi connectivity index (χ1) is 16.1. The Bertz CT molecular complexity index is 1360. The van der Waals surface area contributed by atoms with E-state index in [1.165, 1.54) is 34.2 Å². The van der Waals surface area contributed by atoms with Crippen molar-refractivity contribution >= 4 is 55.2 Å². The molecule has 1 amide bonds. The average Bonchev–Trinajstić information content (AvgIpc) is 3.24. The quantitative estimate of drug-likeness (QED) is 0.322. The number of thioether (sulfide) groups is 1. The molecule has 2 heterocycles. The van der Waals surface area contributed by atoms with Crippen molar-refractivity contribution in [2.75, 3.05) is 5.75 Å². The first-order valence-electron chi connectivity index (χ1n) is 10.8. The van der Waals surface area contributed by atoms with Gasteiger partial charge in [0.05, 0.1) is 22.9 Å². The molecule has 0 unspecified atom stereocenters. The van der Waals surface area contributed by atoms with E-state index >= 15 is 0 Å². The van der Waals surface area contributed by atoms with Crippen molar-refractivity contribution in [2.45, 2.75) is 31.1 Å². The normalized spacial score (nSPS) is 15.4. The van der Waals surface area contributed by atoms with Crippen LogP contribution in [0.25, 0.3) is 21.3 Å². The Morgan fingerprint density at radius 3 is 2.88 bits per heavy atom. The fraction of sp³-hybridized carbons (Fsp3) is 0.240. The smallest absolute Gasteiger partial charge is 0.260 e. The van der Waals surface area contributed by atoms with Gasteiger partial charge in [-0.25, -0.2) is 4.98 Å². The van der Waals surface area contributed by atoms with Crippen LogP contribution in [0.15, 0.2) is 63.2 Å². The molecule has 8 heteroatoms. The van der Waals surface area contributed by atoms with Crippen LogP contribution in [0.2, 0.25) is 0 Å². The lowest BCUT2D eigenvalue weighted by Gasteiger charge is -2.26. The van der Waals surface area contributed by atoms with Crippen molar-refractivity contribution in [3.05, 3.63) is 85.7 Å². The maximum Gasteiger partial charge on any atom is 0.260 e. The molecule has 0 aliphatic heterocycles. The molecule has 33 heavy (non-hydrogen) atoms. The van der Waals surface area contributed by atoms with E-state index in [-0.39, 0.29) is 17.5 Å². The standard InChI is InChI=1S/C25H22BrN3O2S2/c26-17-10-8-16(9-11-17)19-12-33-25-23(19)24(31)28-21(29-25)13-32-14-22(30)27-20-7-3-5-15-4-1-2-6-18(15)20/h1-2,4,6,8-12,20H,3,5,7,13-14H2,(H,27,30)(H,28,29,31)/t20-/m0/s1. The van der Waals surface area contributed by atoms with Gasteiger partial charge in [0.2, 0.25) is 5.91 Å². The van der Waals surface area contributed by atoms with Gasteiger partial charge in [-0.05, 0) is 48.1 Å². The third-order valence-electron chi connectivity index (χ3n) is 5.82. The summed E-state index contributed by atoms with van der Waals surface area (Å²) in [5.74, 6) is 1.41. The molecule has 1 aliphatic carbocycles. The van der Waals surface area contributed by atoms with Gasteiger partial charge in [0.25, 0.3) is 5.56 Å². The molecule has 0 spiro atoms. The van der Waals surface area contributed by atoms with E-state index < -0.39 is 0 Å². The molecule has 2 aromatic heterocycles. The van der Waals surface area contributed by atoms with Gasteiger partial charge in [0, 0.05) is 15.4 Å². The van der Waals surface area contributed by atoms with Gasteiger partial charge in [0.15, 0.2) is 0 Å². The summed E-state index contributed by atoms with van der Waals surface area (Å²) in [6.45, 7) is 0. The molecule has 0 bridgehead atoms. The second kappa shape index (κ2) is 9.83. The lowest BCUT2D eigenvalue weighted by atomic mass is 9.88. The van der Waals surface area contributed by atoms with Crippen LogP contribution in [0.4, 0.5) is 0 Å². The van der Waals surface area contributed by atoms with Gasteiger partial charge >= 0.3 is 0 Å². The Balaban J connectivity index is 1.23. The van der Waals surface area contributed by atoms with Crippen LogP contribution in [-0.2, 0) is 17.0 Å². The molecule has 1 atom stereocenters. The monoisotopic (exact) mass is 539 g/mol. The Labute approximate surface area is 208 Å². The van der Waals surface area contributed by atoms with Gasteiger partial charge < -0.3 is 10.3 Å². The van der Waals surface area contributed by atoms with Crippen LogP contribution < -0.4 is 10.9 Å². The predicted molar refractivity (Wildman–Crippen MR) is 140 cm³/mol. The number of aryl methyl sites for hydroxylation is 1. The maximum atomic E-state index is 12.8. The summed E-state index contributed by atoms with van der Waals surface area (Å²) in [7, 11) is 0. The zero-order chi connectivity index (χ0) is 22.8. The van der Waals surface area contributed by atoms with Crippen LogP contribution in [-0.4, -0.2) is 21.6 Å². The van der Waals surface area contributed by atoms with Gasteiger partial charge in [-0.15, -0.1) is 23.1 Å². The van der Waals surface area contributed by atoms with Crippen LogP contribution in [0.3, 0.4) is 0 Å². The second-order valence-electron chi connectivity index (χ2n) is 8.05. The summed E-state index contributed by atoms with van der Waals surface area (Å²) in [5, 5.41) is 5.76. The molecular formula is C25H22BrN3O2S2. The minimum absolute atomic E-state index is 0.0128. The number of carbonyl (C=O) groups excluding carboxylic acids is 1. The zero-order valence-corrected chi connectivity index (χ0v) is 21.0. The molecule has 5 nitrogen and oxygen atoms in total. The maximum absolute atomic E-state index is 12.8. The Hall–Kier alpha value is -2.42. The molecule has 0 saturated carbocycles. The summed E-state index contributed by atoms with van der Waals surface area (Å²) >= 11 is 6.37. The number of nitrogens with zero attached hydrogens (tertiary/aromatic N) is 1. The minimum atomic E-state index is -0.141. The van der Waals surface area contributed by atoms with Crippen LogP contribution >= 0.6 is 39.0 Å². The van der Waals surface area contributed by atoms with E-state index in [9.17, 15) is 9.59 Å². The van der Waals surface area contributed by atoms with E-state index in [2.05, 4.69) is 49.4 Å². The van der Waals surface area contributed by atoms with Gasteiger partial charge in [-0.1, -0.05) is 52.3 Å². The second-order valence-corrected chi connectivity index (χ2v) is 10.8. The number of hydrogen-bond acceptors (Lipinski definition) is 5. The van der Waals surface area contributed by atoms with Crippen LogP contribution in [0.1, 0.15) is 35.8 Å². The topological polar surface area (TPSA) is 74.8 Å². The average molecular weight is 541 g/mol. The van der Waals surface area contributed by atoms with Crippen molar-refractivity contribution in [1.29, 1.82) is 0 Å². The van der Waals surface area contributed by atoms with Gasteiger partial charge in [-0.3, -0.25) is 9.59 Å². The van der Waals surface area contributed by atoms with Crippen molar-refractivity contribution in [1.82, 2.24) is 15.3 Å². The number of hydrogen-bond donors (Lipinski definition) is 2. The Morgan fingerprint density at radius 1 is 1.21 bits per heavy atom. The van der Waals surface area contributed by atoms with Crippen molar-refractivity contribution in [2.24, 2.45) is 0 Å². The number of fused-ring (bicyclic) bond motifs is 2. The van der Waals surface area contributed by atoms with Gasteiger partial charge in [0.1, 0.15) is 10.7 Å². The minimum Gasteiger partial charge on any atom is -0.349 e. The molecule has 2 aromatic carbocycles. The largest absolute Gasteiger partial charge is 0.349 e. The number of thiophene rings is 1. The van der Waals surface area contributed by atoms with E-state index in [4.69, 9.17) is 0 Å². The summed E-state index contributed by atoms with van der Waals surface area (Å²) in [5.41, 5.74) is 4.30. The zero-order valence-electron chi connectivity index (χ0n) is 17.8. The predicted octanol–water partition coefficient (Wildman–Crippen LogP) is 5.84. The van der Waals surface area contributed by atoms with Crippen molar-refractivity contribution in [3.8, 4) is 11.1 Å². The number of rotatable bonds is 6. The number of H-pyrrole nitrogens is 1. The van der Waals surface area contributed by atoms with E-state index in [0.29, 0.717) is 22.7 Å². The van der Waals surface area contributed by atoms with Gasteiger partial charge in [-0.2, -0.15) is 0 Å². The Morgan fingerprint density at radius 2 is 2.03 bits per heavy atom. The molecular weight excluding hydrogens is 518 g/mol. The number of carbonyl (C=O) groups is 1. The molecule has 168 valence electrons. The highest BCUT2D eigenvalue weighted by molar-refractivity contribution is 9.10. The molecule has 1 aliphatic rings. The van der Waals surface area contributed by atoms with Crippen LogP contribution in [0, 0.1) is 0 Å². The SMILES string of the molecule is O=C(CSCc1nc2scc(-c3ccc(Br)cc3)c2c(=O)[nH]1)N[C@H]1CCCc2ccccc21. The number of amides is 1. The van der Waals surface area contributed by atoms with E-state index in [1.54, 1.807) is 0 Å². The third-order valence-corrected chi connectivity index (χ3v) is 8.17. The van der Waals surface area contributed by atoms with Crippen molar-refractivity contribution in [3.63, 3.8) is 0 Å². The molecule has 0 fully saturated rings. The summed E-state index contributed by atoms with van der Waals surface area (Å²) in [6.07, 6.45) is 3.13. The highest BCUT2D eigenvalue weighted by atomic mass is 79.9. The highest BCUT2D eigenvalue weighted by Gasteiger charge is 2.21. The van der Waals surface area contributed by atoms with E-state index in [1.807, 2.05) is 35.7 Å².